The van der Waals surface area contributed by atoms with Crippen molar-refractivity contribution in [1.29, 1.82) is 0 Å². The van der Waals surface area contributed by atoms with Crippen molar-refractivity contribution in [1.82, 2.24) is 5.32 Å². The molecule has 1 fully saturated rings. The van der Waals surface area contributed by atoms with Gasteiger partial charge in [0.1, 0.15) is 17.7 Å². The van der Waals surface area contributed by atoms with Gasteiger partial charge in [-0.3, -0.25) is 0 Å². The lowest BCUT2D eigenvalue weighted by molar-refractivity contribution is 0.0856. The van der Waals surface area contributed by atoms with E-state index >= 15 is 0 Å². The first-order valence-corrected chi connectivity index (χ1v) is 5.85. The smallest absolute Gasteiger partial charge is 0.129 e. The summed E-state index contributed by atoms with van der Waals surface area (Å²) in [7, 11) is 0. The number of halogens is 1. The Morgan fingerprint density at radius 1 is 1.44 bits per heavy atom. The van der Waals surface area contributed by atoms with Gasteiger partial charge in [0, 0.05) is 12.1 Å². The van der Waals surface area contributed by atoms with Gasteiger partial charge >= 0.3 is 0 Å². The summed E-state index contributed by atoms with van der Waals surface area (Å²) in [5.41, 5.74) is 0.659. The highest BCUT2D eigenvalue weighted by molar-refractivity contribution is 5.28. The van der Waals surface area contributed by atoms with Crippen molar-refractivity contribution in [3.8, 4) is 5.75 Å². The molecule has 1 N–H and O–H groups in total. The normalized spacial score (nSPS) is 23.9. The molecule has 1 aliphatic rings. The SMILES string of the molecule is CCNC1CC(Oc2ccc(C)c(F)c2)C1. The molecule has 0 atom stereocenters. The Kier molecular flexibility index (Phi) is 3.44. The van der Waals surface area contributed by atoms with E-state index in [9.17, 15) is 4.39 Å². The number of nitrogens with one attached hydrogen (secondary N) is 1. The van der Waals surface area contributed by atoms with E-state index in [2.05, 4.69) is 12.2 Å². The zero-order valence-electron chi connectivity index (χ0n) is 9.79. The maximum atomic E-state index is 13.3. The summed E-state index contributed by atoms with van der Waals surface area (Å²) in [6, 6.07) is 5.63. The van der Waals surface area contributed by atoms with Crippen LogP contribution in [0.5, 0.6) is 5.75 Å². The first-order chi connectivity index (χ1) is 7.69. The van der Waals surface area contributed by atoms with Crippen molar-refractivity contribution >= 4 is 0 Å². The third kappa shape index (κ3) is 2.53. The molecule has 0 aliphatic heterocycles. The number of aryl methyl sites for hydroxylation is 1. The fraction of sp³-hybridized carbons (Fsp3) is 0.538. The van der Waals surface area contributed by atoms with Gasteiger partial charge in [-0.05, 0) is 37.9 Å². The molecule has 0 aromatic heterocycles. The lowest BCUT2D eigenvalue weighted by Gasteiger charge is -2.35. The quantitative estimate of drug-likeness (QED) is 0.847. The Morgan fingerprint density at radius 2 is 2.19 bits per heavy atom. The lowest BCUT2D eigenvalue weighted by atomic mass is 9.89. The second kappa shape index (κ2) is 4.83. The molecule has 2 nitrogen and oxygen atoms in total. The minimum absolute atomic E-state index is 0.194. The molecule has 1 aliphatic carbocycles. The van der Waals surface area contributed by atoms with Crippen molar-refractivity contribution in [2.24, 2.45) is 0 Å². The number of benzene rings is 1. The number of hydrogen-bond donors (Lipinski definition) is 1. The van der Waals surface area contributed by atoms with E-state index in [0.29, 0.717) is 17.4 Å². The zero-order valence-corrected chi connectivity index (χ0v) is 9.79. The van der Waals surface area contributed by atoms with Gasteiger partial charge in [-0.2, -0.15) is 0 Å². The maximum absolute atomic E-state index is 13.3. The van der Waals surface area contributed by atoms with Crippen LogP contribution in [0.3, 0.4) is 0 Å². The van der Waals surface area contributed by atoms with Crippen LogP contribution in [-0.2, 0) is 0 Å². The fourth-order valence-electron chi connectivity index (χ4n) is 1.96. The predicted molar refractivity (Wildman–Crippen MR) is 62.3 cm³/mol. The summed E-state index contributed by atoms with van der Waals surface area (Å²) in [6.45, 7) is 4.85. The van der Waals surface area contributed by atoms with E-state index in [-0.39, 0.29) is 11.9 Å². The summed E-state index contributed by atoms with van der Waals surface area (Å²) in [6.07, 6.45) is 2.28. The molecule has 1 saturated carbocycles. The minimum atomic E-state index is -0.194. The Balaban J connectivity index is 1.84. The van der Waals surface area contributed by atoms with Crippen LogP contribution in [0, 0.1) is 12.7 Å². The van der Waals surface area contributed by atoms with Crippen LogP contribution in [0.2, 0.25) is 0 Å². The molecule has 0 spiro atoms. The molecule has 1 aromatic carbocycles. The van der Waals surface area contributed by atoms with Gasteiger partial charge in [0.25, 0.3) is 0 Å². The molecule has 16 heavy (non-hydrogen) atoms. The monoisotopic (exact) mass is 223 g/mol. The summed E-state index contributed by atoms with van der Waals surface area (Å²) in [4.78, 5) is 0. The third-order valence-electron chi connectivity index (χ3n) is 3.03. The van der Waals surface area contributed by atoms with Crippen LogP contribution < -0.4 is 10.1 Å². The molecule has 0 amide bonds. The maximum Gasteiger partial charge on any atom is 0.129 e. The van der Waals surface area contributed by atoms with Crippen molar-refractivity contribution < 1.29 is 9.13 Å². The van der Waals surface area contributed by atoms with Gasteiger partial charge < -0.3 is 10.1 Å². The number of ether oxygens (including phenoxy) is 1. The number of hydrogen-bond acceptors (Lipinski definition) is 2. The summed E-state index contributed by atoms with van der Waals surface area (Å²) in [5, 5.41) is 3.36. The van der Waals surface area contributed by atoms with Crippen LogP contribution in [0.4, 0.5) is 4.39 Å². The van der Waals surface area contributed by atoms with E-state index in [4.69, 9.17) is 4.74 Å². The van der Waals surface area contributed by atoms with E-state index in [0.717, 1.165) is 19.4 Å². The molecule has 1 aromatic rings. The molecule has 0 bridgehead atoms. The molecule has 3 heteroatoms. The molecule has 0 unspecified atom stereocenters. The van der Waals surface area contributed by atoms with E-state index in [1.54, 1.807) is 13.0 Å². The zero-order chi connectivity index (χ0) is 11.5. The molecule has 0 heterocycles. The van der Waals surface area contributed by atoms with Gasteiger partial charge in [-0.15, -0.1) is 0 Å². The molecule has 0 radical (unpaired) electrons. The standard InChI is InChI=1S/C13H18FNO/c1-3-15-10-6-12(7-10)16-11-5-4-9(2)13(14)8-11/h4-5,8,10,12,15H,3,6-7H2,1-2H3. The van der Waals surface area contributed by atoms with Gasteiger partial charge in [-0.1, -0.05) is 13.0 Å². The van der Waals surface area contributed by atoms with E-state index in [1.165, 1.54) is 6.07 Å². The summed E-state index contributed by atoms with van der Waals surface area (Å²) < 4.78 is 18.9. The third-order valence-corrected chi connectivity index (χ3v) is 3.03. The van der Waals surface area contributed by atoms with Gasteiger partial charge in [0.05, 0.1) is 0 Å². The predicted octanol–water partition coefficient (Wildman–Crippen LogP) is 2.65. The Hall–Kier alpha value is -1.09. The van der Waals surface area contributed by atoms with Gasteiger partial charge in [-0.25, -0.2) is 4.39 Å². The first kappa shape index (κ1) is 11.4. The topological polar surface area (TPSA) is 21.3 Å². The average molecular weight is 223 g/mol. The Labute approximate surface area is 95.8 Å². The van der Waals surface area contributed by atoms with Crippen LogP contribution in [-0.4, -0.2) is 18.7 Å². The first-order valence-electron chi connectivity index (χ1n) is 5.85. The fourth-order valence-corrected chi connectivity index (χ4v) is 1.96. The highest BCUT2D eigenvalue weighted by Gasteiger charge is 2.29. The van der Waals surface area contributed by atoms with E-state index < -0.39 is 0 Å². The van der Waals surface area contributed by atoms with Gasteiger partial charge in [0.15, 0.2) is 0 Å². The molecule has 0 saturated heterocycles. The van der Waals surface area contributed by atoms with Crippen molar-refractivity contribution in [2.45, 2.75) is 38.8 Å². The highest BCUT2D eigenvalue weighted by Crippen LogP contribution is 2.26. The summed E-state index contributed by atoms with van der Waals surface area (Å²) in [5.74, 6) is 0.447. The molecular weight excluding hydrogens is 205 g/mol. The number of rotatable bonds is 4. The highest BCUT2D eigenvalue weighted by atomic mass is 19.1. The molecular formula is C13H18FNO. The van der Waals surface area contributed by atoms with Crippen molar-refractivity contribution in [2.75, 3.05) is 6.54 Å². The average Bonchev–Trinajstić information content (AvgIpc) is 2.20. The van der Waals surface area contributed by atoms with Gasteiger partial charge in [0.2, 0.25) is 0 Å². The molecule has 88 valence electrons. The largest absolute Gasteiger partial charge is 0.490 e. The Bertz CT molecular complexity index is 361. The second-order valence-corrected chi connectivity index (χ2v) is 4.38. The minimum Gasteiger partial charge on any atom is -0.490 e. The van der Waals surface area contributed by atoms with Crippen molar-refractivity contribution in [3.63, 3.8) is 0 Å². The second-order valence-electron chi connectivity index (χ2n) is 4.38. The van der Waals surface area contributed by atoms with E-state index in [1.807, 2.05) is 6.07 Å². The Morgan fingerprint density at radius 3 is 2.81 bits per heavy atom. The van der Waals surface area contributed by atoms with Crippen molar-refractivity contribution in [3.05, 3.63) is 29.6 Å². The van der Waals surface area contributed by atoms with Crippen LogP contribution in [0.1, 0.15) is 25.3 Å². The van der Waals surface area contributed by atoms with Crippen LogP contribution in [0.15, 0.2) is 18.2 Å². The summed E-state index contributed by atoms with van der Waals surface area (Å²) >= 11 is 0. The van der Waals surface area contributed by atoms with Crippen LogP contribution >= 0.6 is 0 Å². The lowest BCUT2D eigenvalue weighted by Crippen LogP contribution is -2.46. The van der Waals surface area contributed by atoms with Crippen LogP contribution in [0.25, 0.3) is 0 Å². The molecule has 2 rings (SSSR count).